The van der Waals surface area contributed by atoms with Crippen LogP contribution in [0.2, 0.25) is 10.0 Å². The highest BCUT2D eigenvalue weighted by Crippen LogP contribution is 2.38. The molecule has 0 bridgehead atoms. The van der Waals surface area contributed by atoms with Gasteiger partial charge in [-0.3, -0.25) is 9.59 Å². The third kappa shape index (κ3) is 2.62. The lowest BCUT2D eigenvalue weighted by molar-refractivity contribution is 0.0969. The van der Waals surface area contributed by atoms with Crippen molar-refractivity contribution in [3.63, 3.8) is 0 Å². The molecule has 1 amide bonds. The molecule has 0 aliphatic heterocycles. The Hall–Kier alpha value is -1.84. The van der Waals surface area contributed by atoms with Gasteiger partial charge in [0.2, 0.25) is 5.91 Å². The number of hydrogen-bond acceptors (Lipinski definition) is 2. The molecule has 0 radical (unpaired) electrons. The van der Waals surface area contributed by atoms with Gasteiger partial charge in [-0.2, -0.15) is 0 Å². The van der Waals surface area contributed by atoms with Gasteiger partial charge in [0.1, 0.15) is 0 Å². The average Bonchev–Trinajstić information content (AvgIpc) is 2.50. The molecule has 0 heterocycles. The zero-order valence-corrected chi connectivity index (χ0v) is 13.1. The SMILES string of the molecule is NC(=O)c1ccc2c(c1)C(=O)CC[C@H]2c1ccc(Cl)c(Cl)c1. The molecular weight excluding hydrogens is 321 g/mol. The van der Waals surface area contributed by atoms with Crippen LogP contribution >= 0.6 is 23.2 Å². The van der Waals surface area contributed by atoms with Gasteiger partial charge in [0.05, 0.1) is 10.0 Å². The van der Waals surface area contributed by atoms with E-state index in [0.717, 1.165) is 11.1 Å². The van der Waals surface area contributed by atoms with Gasteiger partial charge in [-0.05, 0) is 41.8 Å². The zero-order valence-electron chi connectivity index (χ0n) is 11.6. The fourth-order valence-electron chi connectivity index (χ4n) is 2.90. The number of ketones is 1. The summed E-state index contributed by atoms with van der Waals surface area (Å²) in [6.07, 6.45) is 1.14. The normalized spacial score (nSPS) is 17.2. The van der Waals surface area contributed by atoms with Crippen LogP contribution < -0.4 is 5.73 Å². The van der Waals surface area contributed by atoms with Gasteiger partial charge in [-0.15, -0.1) is 0 Å². The van der Waals surface area contributed by atoms with Crippen molar-refractivity contribution < 1.29 is 9.59 Å². The van der Waals surface area contributed by atoms with Crippen molar-refractivity contribution >= 4 is 34.9 Å². The highest BCUT2D eigenvalue weighted by Gasteiger charge is 2.27. The standard InChI is InChI=1S/C17H13Cl2NO2/c18-14-5-2-9(8-15(14)19)11-4-6-16(21)13-7-10(17(20)22)1-3-12(11)13/h1-3,5,7-8,11H,4,6H2,(H2,20,22)/t11-/m0/s1. The van der Waals surface area contributed by atoms with E-state index in [-0.39, 0.29) is 11.7 Å². The summed E-state index contributed by atoms with van der Waals surface area (Å²) in [5, 5.41) is 0.993. The first-order chi connectivity index (χ1) is 10.5. The maximum Gasteiger partial charge on any atom is 0.248 e. The number of carbonyl (C=O) groups is 2. The molecular formula is C17H13Cl2NO2. The Kier molecular flexibility index (Phi) is 3.94. The van der Waals surface area contributed by atoms with Crippen LogP contribution in [0.25, 0.3) is 0 Å². The highest BCUT2D eigenvalue weighted by molar-refractivity contribution is 6.42. The maximum absolute atomic E-state index is 12.2. The second kappa shape index (κ2) is 5.75. The highest BCUT2D eigenvalue weighted by atomic mass is 35.5. The van der Waals surface area contributed by atoms with Crippen molar-refractivity contribution in [3.8, 4) is 0 Å². The number of carbonyl (C=O) groups excluding carboxylic acids is 2. The van der Waals surface area contributed by atoms with Gasteiger partial charge < -0.3 is 5.73 Å². The molecule has 2 aromatic carbocycles. The fraction of sp³-hybridized carbons (Fsp3) is 0.176. The molecule has 0 spiro atoms. The lowest BCUT2D eigenvalue weighted by Crippen LogP contribution is -2.19. The summed E-state index contributed by atoms with van der Waals surface area (Å²) in [6, 6.07) is 10.6. The first-order valence-corrected chi connectivity index (χ1v) is 7.65. The molecule has 1 atom stereocenters. The minimum absolute atomic E-state index is 0.0365. The fourth-order valence-corrected chi connectivity index (χ4v) is 3.20. The Bertz CT molecular complexity index is 786. The summed E-state index contributed by atoms with van der Waals surface area (Å²) in [4.78, 5) is 23.5. The van der Waals surface area contributed by atoms with E-state index in [2.05, 4.69) is 0 Å². The minimum atomic E-state index is -0.535. The summed E-state index contributed by atoms with van der Waals surface area (Å²) in [5.41, 5.74) is 8.12. The Morgan fingerprint density at radius 1 is 1.09 bits per heavy atom. The third-order valence-corrected chi connectivity index (χ3v) is 4.76. The Morgan fingerprint density at radius 2 is 1.86 bits per heavy atom. The van der Waals surface area contributed by atoms with Crippen molar-refractivity contribution in [2.75, 3.05) is 0 Å². The van der Waals surface area contributed by atoms with Crippen molar-refractivity contribution in [2.45, 2.75) is 18.8 Å². The van der Waals surface area contributed by atoms with Crippen LogP contribution in [0.5, 0.6) is 0 Å². The van der Waals surface area contributed by atoms with Crippen molar-refractivity contribution in [3.05, 3.63) is 68.7 Å². The summed E-state index contributed by atoms with van der Waals surface area (Å²) in [5.74, 6) is -0.439. The molecule has 22 heavy (non-hydrogen) atoms. The van der Waals surface area contributed by atoms with Crippen molar-refractivity contribution in [2.24, 2.45) is 5.73 Å². The van der Waals surface area contributed by atoms with Crippen LogP contribution in [0, 0.1) is 0 Å². The van der Waals surface area contributed by atoms with E-state index >= 15 is 0 Å². The number of Topliss-reactive ketones (excluding diaryl/α,β-unsaturated/α-hetero) is 1. The lowest BCUT2D eigenvalue weighted by Gasteiger charge is -2.25. The maximum atomic E-state index is 12.2. The van der Waals surface area contributed by atoms with Gasteiger partial charge in [0.25, 0.3) is 0 Å². The molecule has 0 aromatic heterocycles. The van der Waals surface area contributed by atoms with Gasteiger partial charge in [0, 0.05) is 23.5 Å². The number of hydrogen-bond donors (Lipinski definition) is 1. The van der Waals surface area contributed by atoms with E-state index in [1.807, 2.05) is 12.1 Å². The van der Waals surface area contributed by atoms with Gasteiger partial charge in [-0.25, -0.2) is 0 Å². The summed E-state index contributed by atoms with van der Waals surface area (Å²) in [7, 11) is 0. The second-order valence-electron chi connectivity index (χ2n) is 5.35. The summed E-state index contributed by atoms with van der Waals surface area (Å²) >= 11 is 12.1. The van der Waals surface area contributed by atoms with E-state index in [1.54, 1.807) is 24.3 Å². The van der Waals surface area contributed by atoms with Crippen LogP contribution in [0.3, 0.4) is 0 Å². The molecule has 1 aliphatic carbocycles. The molecule has 0 unspecified atom stereocenters. The first-order valence-electron chi connectivity index (χ1n) is 6.89. The van der Waals surface area contributed by atoms with E-state index in [0.29, 0.717) is 34.0 Å². The zero-order chi connectivity index (χ0) is 15.9. The van der Waals surface area contributed by atoms with E-state index < -0.39 is 5.91 Å². The van der Waals surface area contributed by atoms with Crippen molar-refractivity contribution in [1.29, 1.82) is 0 Å². The molecule has 0 saturated heterocycles. The Balaban J connectivity index is 2.10. The molecule has 112 valence electrons. The number of benzene rings is 2. The van der Waals surface area contributed by atoms with Crippen LogP contribution in [-0.4, -0.2) is 11.7 Å². The van der Waals surface area contributed by atoms with Gasteiger partial charge >= 0.3 is 0 Å². The lowest BCUT2D eigenvalue weighted by atomic mass is 9.78. The number of primary amides is 1. The average molecular weight is 334 g/mol. The van der Waals surface area contributed by atoms with Crippen LogP contribution in [-0.2, 0) is 0 Å². The number of nitrogens with two attached hydrogens (primary N) is 1. The number of amides is 1. The van der Waals surface area contributed by atoms with Crippen molar-refractivity contribution in [1.82, 2.24) is 0 Å². The predicted molar refractivity (Wildman–Crippen MR) is 86.8 cm³/mol. The van der Waals surface area contributed by atoms with E-state index in [4.69, 9.17) is 28.9 Å². The van der Waals surface area contributed by atoms with E-state index in [9.17, 15) is 9.59 Å². The molecule has 2 N–H and O–H groups in total. The molecule has 3 rings (SSSR count). The number of fused-ring (bicyclic) bond motifs is 1. The molecule has 1 aliphatic rings. The molecule has 2 aromatic rings. The van der Waals surface area contributed by atoms with Crippen LogP contribution in [0.1, 0.15) is 50.6 Å². The number of rotatable bonds is 2. The summed E-state index contributed by atoms with van der Waals surface area (Å²) in [6.45, 7) is 0. The van der Waals surface area contributed by atoms with Crippen LogP contribution in [0.4, 0.5) is 0 Å². The predicted octanol–water partition coefficient (Wildman–Crippen LogP) is 4.20. The van der Waals surface area contributed by atoms with Gasteiger partial charge in [0.15, 0.2) is 5.78 Å². The quantitative estimate of drug-likeness (QED) is 0.895. The molecule has 3 nitrogen and oxygen atoms in total. The second-order valence-corrected chi connectivity index (χ2v) is 6.17. The third-order valence-electron chi connectivity index (χ3n) is 4.02. The monoisotopic (exact) mass is 333 g/mol. The van der Waals surface area contributed by atoms with Gasteiger partial charge in [-0.1, -0.05) is 35.3 Å². The molecule has 5 heteroatoms. The largest absolute Gasteiger partial charge is 0.366 e. The van der Waals surface area contributed by atoms with E-state index in [1.165, 1.54) is 0 Å². The number of halogens is 2. The Morgan fingerprint density at radius 3 is 2.55 bits per heavy atom. The summed E-state index contributed by atoms with van der Waals surface area (Å²) < 4.78 is 0. The molecule has 0 fully saturated rings. The topological polar surface area (TPSA) is 60.2 Å². The van der Waals surface area contributed by atoms with Crippen LogP contribution in [0.15, 0.2) is 36.4 Å². The first kappa shape index (κ1) is 15.1. The Labute approximate surface area is 138 Å². The minimum Gasteiger partial charge on any atom is -0.366 e. The molecule has 0 saturated carbocycles. The smallest absolute Gasteiger partial charge is 0.248 e.